The Labute approximate surface area is 203 Å². The number of anilines is 2. The van der Waals surface area contributed by atoms with Gasteiger partial charge in [-0.25, -0.2) is 22.9 Å². The maximum atomic E-state index is 13.1. The standard InChI is InChI=1S/C21H19FN6O5S2/c1-24-19(23)11-2-4-14-12(8-11)9-17(29)28(20(14)30)16-6-3-13(10-25-16)26-21(31)27-35(32,33)18-7-5-15(22)34-18/h2-8,10,20,30H,9H2,1H3,(H2,23,24)(H2,26,27,31). The Bertz CT molecular complexity index is 1440. The van der Waals surface area contributed by atoms with E-state index in [1.165, 1.54) is 18.3 Å². The predicted molar refractivity (Wildman–Crippen MR) is 127 cm³/mol. The maximum Gasteiger partial charge on any atom is 0.333 e. The third-order valence-corrected chi connectivity index (χ3v) is 7.80. The SMILES string of the molecule is CN=C(N)c1ccc2c(c1)CC(=O)N(c1ccc(NC(=O)NS(=O)(=O)c3ccc(F)s3)cn1)C2O. The van der Waals surface area contributed by atoms with Gasteiger partial charge in [0.25, 0.3) is 10.0 Å². The summed E-state index contributed by atoms with van der Waals surface area (Å²) in [6, 6.07) is 8.76. The molecular formula is C21H19FN6O5S2. The lowest BCUT2D eigenvalue weighted by Gasteiger charge is -2.33. The largest absolute Gasteiger partial charge is 0.384 e. The summed E-state index contributed by atoms with van der Waals surface area (Å²) in [5.41, 5.74) is 7.71. The Hall–Kier alpha value is -3.88. The molecule has 0 bridgehead atoms. The van der Waals surface area contributed by atoms with Gasteiger partial charge in [0.05, 0.1) is 18.3 Å². The van der Waals surface area contributed by atoms with Gasteiger partial charge < -0.3 is 16.2 Å². The summed E-state index contributed by atoms with van der Waals surface area (Å²) in [5.74, 6) is 0.0233. The van der Waals surface area contributed by atoms with Gasteiger partial charge in [-0.15, -0.1) is 0 Å². The second-order valence-electron chi connectivity index (χ2n) is 7.36. The molecule has 35 heavy (non-hydrogen) atoms. The second kappa shape index (κ2) is 9.40. The van der Waals surface area contributed by atoms with E-state index in [4.69, 9.17) is 5.73 Å². The van der Waals surface area contributed by atoms with Crippen molar-refractivity contribution in [2.45, 2.75) is 16.9 Å². The smallest absolute Gasteiger partial charge is 0.333 e. The summed E-state index contributed by atoms with van der Waals surface area (Å²) in [4.78, 5) is 34.0. The quantitative estimate of drug-likeness (QED) is 0.295. The number of urea groups is 1. The summed E-state index contributed by atoms with van der Waals surface area (Å²) in [5, 5.41) is 12.4. The van der Waals surface area contributed by atoms with Crippen LogP contribution < -0.4 is 20.7 Å². The fourth-order valence-electron chi connectivity index (χ4n) is 3.45. The number of amides is 3. The monoisotopic (exact) mass is 518 g/mol. The van der Waals surface area contributed by atoms with E-state index in [2.05, 4.69) is 15.3 Å². The first-order valence-electron chi connectivity index (χ1n) is 10.00. The van der Waals surface area contributed by atoms with Crippen molar-refractivity contribution in [3.63, 3.8) is 0 Å². The first-order valence-corrected chi connectivity index (χ1v) is 12.3. The Morgan fingerprint density at radius 2 is 2.06 bits per heavy atom. The average Bonchev–Trinajstić information content (AvgIpc) is 3.26. The molecule has 1 aliphatic heterocycles. The van der Waals surface area contributed by atoms with Crippen molar-refractivity contribution in [2.24, 2.45) is 10.7 Å². The molecule has 1 aliphatic rings. The molecule has 0 fully saturated rings. The number of benzene rings is 1. The van der Waals surface area contributed by atoms with E-state index in [9.17, 15) is 27.5 Å². The minimum absolute atomic E-state index is 0.00247. The molecule has 11 nitrogen and oxygen atoms in total. The Morgan fingerprint density at radius 3 is 2.69 bits per heavy atom. The number of nitrogens with zero attached hydrogens (tertiary/aromatic N) is 3. The number of sulfonamides is 1. The van der Waals surface area contributed by atoms with Crippen LogP contribution in [0.3, 0.4) is 0 Å². The number of aliphatic imine (C=N–C) groups is 1. The normalized spacial score (nSPS) is 16.1. The van der Waals surface area contributed by atoms with E-state index < -0.39 is 33.3 Å². The molecule has 1 unspecified atom stereocenters. The van der Waals surface area contributed by atoms with Crippen molar-refractivity contribution in [3.05, 3.63) is 70.5 Å². The lowest BCUT2D eigenvalue weighted by atomic mass is 9.95. The average molecular weight is 519 g/mol. The zero-order valence-electron chi connectivity index (χ0n) is 18.1. The van der Waals surface area contributed by atoms with Crippen LogP contribution in [0.5, 0.6) is 0 Å². The first-order chi connectivity index (χ1) is 16.6. The summed E-state index contributed by atoms with van der Waals surface area (Å²) >= 11 is 0.377. The number of rotatable bonds is 5. The molecule has 2 aromatic heterocycles. The first kappa shape index (κ1) is 24.3. The van der Waals surface area contributed by atoms with Crippen molar-refractivity contribution < 1.29 is 27.5 Å². The van der Waals surface area contributed by atoms with E-state index in [-0.39, 0.29) is 22.1 Å². The Morgan fingerprint density at radius 1 is 1.29 bits per heavy atom. The number of halogens is 1. The van der Waals surface area contributed by atoms with Crippen LogP contribution in [0.2, 0.25) is 0 Å². The molecule has 3 amide bonds. The highest BCUT2D eigenvalue weighted by atomic mass is 32.2. The van der Waals surface area contributed by atoms with Gasteiger partial charge >= 0.3 is 6.03 Å². The lowest BCUT2D eigenvalue weighted by Crippen LogP contribution is -2.41. The number of aliphatic hydroxyl groups is 1. The van der Waals surface area contributed by atoms with Crippen LogP contribution in [-0.4, -0.2) is 43.3 Å². The highest BCUT2D eigenvalue weighted by Gasteiger charge is 2.33. The number of amidine groups is 1. The number of carbonyl (C=O) groups excluding carboxylic acids is 2. The van der Waals surface area contributed by atoms with Crippen LogP contribution in [0.25, 0.3) is 0 Å². The zero-order valence-corrected chi connectivity index (χ0v) is 19.7. The highest BCUT2D eigenvalue weighted by molar-refractivity contribution is 7.92. The molecule has 4 rings (SSSR count). The van der Waals surface area contributed by atoms with Gasteiger partial charge in [0.2, 0.25) is 5.91 Å². The molecule has 0 saturated heterocycles. The number of nitrogens with two attached hydrogens (primary N) is 1. The van der Waals surface area contributed by atoms with Crippen molar-refractivity contribution in [3.8, 4) is 0 Å². The number of nitrogens with one attached hydrogen (secondary N) is 2. The maximum absolute atomic E-state index is 13.1. The molecule has 0 saturated carbocycles. The molecule has 182 valence electrons. The Balaban J connectivity index is 1.47. The lowest BCUT2D eigenvalue weighted by molar-refractivity contribution is -0.120. The van der Waals surface area contributed by atoms with E-state index in [0.717, 1.165) is 17.0 Å². The molecule has 1 atom stereocenters. The second-order valence-corrected chi connectivity index (χ2v) is 10.3. The third kappa shape index (κ3) is 4.99. The van der Waals surface area contributed by atoms with Crippen LogP contribution in [0.15, 0.2) is 57.9 Å². The molecule has 0 aliphatic carbocycles. The van der Waals surface area contributed by atoms with E-state index in [1.54, 1.807) is 30.0 Å². The molecule has 3 aromatic rings. The highest BCUT2D eigenvalue weighted by Crippen LogP contribution is 2.32. The number of aliphatic hydroxyl groups excluding tert-OH is 1. The van der Waals surface area contributed by atoms with Crippen LogP contribution in [0.4, 0.5) is 20.7 Å². The van der Waals surface area contributed by atoms with Crippen molar-refractivity contribution in [2.75, 3.05) is 17.3 Å². The fourth-order valence-corrected chi connectivity index (χ4v) is 5.36. The number of hydrogen-bond donors (Lipinski definition) is 4. The van der Waals surface area contributed by atoms with Crippen molar-refractivity contribution in [1.29, 1.82) is 0 Å². The minimum Gasteiger partial charge on any atom is -0.384 e. The Kier molecular flexibility index (Phi) is 6.51. The topological polar surface area (TPSA) is 167 Å². The van der Waals surface area contributed by atoms with Crippen molar-refractivity contribution in [1.82, 2.24) is 9.71 Å². The number of thiophene rings is 1. The van der Waals surface area contributed by atoms with Gasteiger partial charge in [0.1, 0.15) is 15.9 Å². The number of pyridine rings is 1. The van der Waals surface area contributed by atoms with E-state index in [1.807, 2.05) is 0 Å². The van der Waals surface area contributed by atoms with Gasteiger partial charge in [-0.3, -0.25) is 14.7 Å². The van der Waals surface area contributed by atoms with Crippen LogP contribution in [0.1, 0.15) is 22.9 Å². The number of carbonyl (C=O) groups is 2. The molecular weight excluding hydrogens is 499 g/mol. The number of hydrogen-bond acceptors (Lipinski definition) is 8. The zero-order chi connectivity index (χ0) is 25.3. The summed E-state index contributed by atoms with van der Waals surface area (Å²) in [6.45, 7) is 0. The molecule has 3 heterocycles. The van der Waals surface area contributed by atoms with Crippen LogP contribution in [0, 0.1) is 5.13 Å². The number of fused-ring (bicyclic) bond motifs is 1. The molecule has 1 aromatic carbocycles. The van der Waals surface area contributed by atoms with Gasteiger partial charge in [0, 0.05) is 18.2 Å². The van der Waals surface area contributed by atoms with Crippen LogP contribution in [-0.2, 0) is 21.2 Å². The summed E-state index contributed by atoms with van der Waals surface area (Å²) in [6.07, 6.45) is -0.0997. The van der Waals surface area contributed by atoms with Crippen LogP contribution >= 0.6 is 11.3 Å². The summed E-state index contributed by atoms with van der Waals surface area (Å²) < 4.78 is 38.8. The molecule has 5 N–H and O–H groups in total. The van der Waals surface area contributed by atoms with Gasteiger partial charge in [-0.2, -0.15) is 4.39 Å². The van der Waals surface area contributed by atoms with E-state index >= 15 is 0 Å². The molecule has 14 heteroatoms. The van der Waals surface area contributed by atoms with Gasteiger partial charge in [0.15, 0.2) is 11.4 Å². The van der Waals surface area contributed by atoms with E-state index in [0.29, 0.717) is 33.9 Å². The minimum atomic E-state index is -4.24. The van der Waals surface area contributed by atoms with Gasteiger partial charge in [-0.1, -0.05) is 23.5 Å². The predicted octanol–water partition coefficient (Wildman–Crippen LogP) is 1.71. The fraction of sp³-hybridized carbons (Fsp3) is 0.143. The third-order valence-electron chi connectivity index (χ3n) is 5.11. The van der Waals surface area contributed by atoms with Crippen molar-refractivity contribution >= 4 is 50.6 Å². The summed E-state index contributed by atoms with van der Waals surface area (Å²) in [7, 11) is -2.69. The number of aromatic nitrogens is 1. The molecule has 0 spiro atoms. The molecule has 0 radical (unpaired) electrons. The van der Waals surface area contributed by atoms with Gasteiger partial charge in [-0.05, 0) is 35.9 Å².